The summed E-state index contributed by atoms with van der Waals surface area (Å²) in [4.78, 5) is 39.7. The van der Waals surface area contributed by atoms with Gasteiger partial charge in [-0.2, -0.15) is 5.26 Å². The van der Waals surface area contributed by atoms with E-state index in [4.69, 9.17) is 32.7 Å². The molecule has 0 saturated carbocycles. The molecule has 0 radical (unpaired) electrons. The summed E-state index contributed by atoms with van der Waals surface area (Å²) in [5.41, 5.74) is 0.514. The minimum Gasteiger partial charge on any atom is -0.491 e. The Hall–Kier alpha value is -2.41. The normalized spacial score (nSPS) is 20.3. The molecule has 2 atom stereocenters. The average Bonchev–Trinajstić information content (AvgIpc) is 3.33. The first-order valence-corrected chi connectivity index (χ1v) is 12.1. The largest absolute Gasteiger partial charge is 0.491 e. The van der Waals surface area contributed by atoms with Crippen molar-refractivity contribution in [2.24, 2.45) is 5.92 Å². The molecule has 2 amide bonds. The molecule has 0 aliphatic carbocycles. The summed E-state index contributed by atoms with van der Waals surface area (Å²) in [6, 6.07) is 5.14. The van der Waals surface area contributed by atoms with E-state index in [1.807, 2.05) is 0 Å². The van der Waals surface area contributed by atoms with Gasteiger partial charge in [-0.25, -0.2) is 0 Å². The van der Waals surface area contributed by atoms with Crippen LogP contribution in [0.15, 0.2) is 22.7 Å². The van der Waals surface area contributed by atoms with E-state index in [-0.39, 0.29) is 38.1 Å². The number of nitrogens with zero attached hydrogens (tertiary/aromatic N) is 2. The number of hydrogen-bond acceptors (Lipinski definition) is 7. The first-order chi connectivity index (χ1) is 15.8. The maximum Gasteiger partial charge on any atom is 0.319 e. The van der Waals surface area contributed by atoms with E-state index in [1.165, 1.54) is 19.2 Å². The van der Waals surface area contributed by atoms with E-state index in [9.17, 15) is 19.6 Å². The number of likely N-dealkylation sites (tertiary alicyclic amines) is 1. The van der Waals surface area contributed by atoms with Crippen LogP contribution in [0.1, 0.15) is 31.2 Å². The number of nitrogens with one attached hydrogen (secondary N) is 1. The van der Waals surface area contributed by atoms with E-state index >= 15 is 0 Å². The molecule has 0 bridgehead atoms. The minimum absolute atomic E-state index is 0.0567. The highest BCUT2D eigenvalue weighted by molar-refractivity contribution is 8.03. The van der Waals surface area contributed by atoms with E-state index in [1.54, 1.807) is 11.8 Å². The second-order valence-electron chi connectivity index (χ2n) is 7.45. The molecule has 3 rings (SSSR count). The summed E-state index contributed by atoms with van der Waals surface area (Å²) in [5, 5.41) is 13.2. The van der Waals surface area contributed by atoms with Gasteiger partial charge in [0.1, 0.15) is 5.92 Å². The van der Waals surface area contributed by atoms with E-state index in [2.05, 4.69) is 11.4 Å². The number of thioether (sulfide) groups is 1. The number of allylic oxidation sites excluding steroid dienone is 1. The van der Waals surface area contributed by atoms with Crippen LogP contribution in [-0.2, 0) is 19.1 Å². The van der Waals surface area contributed by atoms with Gasteiger partial charge in [0.15, 0.2) is 5.75 Å². The van der Waals surface area contributed by atoms with Gasteiger partial charge in [0, 0.05) is 19.0 Å². The van der Waals surface area contributed by atoms with Gasteiger partial charge in [-0.1, -0.05) is 35.0 Å². The number of carbonyl (C=O) groups is 3. The molecule has 176 valence electrons. The Labute approximate surface area is 206 Å². The fraction of sp³-hybridized carbons (Fsp3) is 0.455. The van der Waals surface area contributed by atoms with Gasteiger partial charge in [-0.3, -0.25) is 14.4 Å². The van der Waals surface area contributed by atoms with Crippen molar-refractivity contribution in [3.8, 4) is 11.8 Å². The quantitative estimate of drug-likeness (QED) is 0.440. The molecule has 1 aromatic carbocycles. The Kier molecular flexibility index (Phi) is 8.51. The van der Waals surface area contributed by atoms with Crippen molar-refractivity contribution in [1.82, 2.24) is 10.2 Å². The van der Waals surface area contributed by atoms with Crippen LogP contribution < -0.4 is 10.1 Å². The Morgan fingerprint density at radius 2 is 1.91 bits per heavy atom. The van der Waals surface area contributed by atoms with Crippen molar-refractivity contribution in [1.29, 1.82) is 5.26 Å². The topological polar surface area (TPSA) is 109 Å². The molecule has 1 saturated heterocycles. The number of ether oxygens (including phenoxy) is 2. The third-order valence-electron chi connectivity index (χ3n) is 5.45. The molecule has 2 aliphatic rings. The molecule has 8 nitrogen and oxygen atoms in total. The second-order valence-corrected chi connectivity index (χ2v) is 9.25. The Bertz CT molecular complexity index is 1010. The van der Waals surface area contributed by atoms with Crippen LogP contribution >= 0.6 is 35.0 Å². The van der Waals surface area contributed by atoms with Crippen LogP contribution in [0.3, 0.4) is 0 Å². The third-order valence-corrected chi connectivity index (χ3v) is 7.01. The number of carbonyl (C=O) groups excluding carboxylic acids is 3. The zero-order valence-corrected chi connectivity index (χ0v) is 20.5. The van der Waals surface area contributed by atoms with Gasteiger partial charge >= 0.3 is 5.97 Å². The molecule has 11 heteroatoms. The maximum absolute atomic E-state index is 12.9. The lowest BCUT2D eigenvalue weighted by Gasteiger charge is -2.31. The fourth-order valence-electron chi connectivity index (χ4n) is 3.91. The zero-order valence-electron chi connectivity index (χ0n) is 18.2. The van der Waals surface area contributed by atoms with Crippen LogP contribution in [0.2, 0.25) is 10.0 Å². The number of benzene rings is 1. The van der Waals surface area contributed by atoms with Crippen LogP contribution in [0.5, 0.6) is 5.75 Å². The molecule has 1 aromatic rings. The lowest BCUT2D eigenvalue weighted by molar-refractivity contribution is -0.150. The van der Waals surface area contributed by atoms with Crippen molar-refractivity contribution in [3.63, 3.8) is 0 Å². The molecular formula is C22H23Cl2N3O5S. The zero-order chi connectivity index (χ0) is 24.1. The Morgan fingerprint density at radius 3 is 2.45 bits per heavy atom. The number of nitriles is 1. The van der Waals surface area contributed by atoms with Gasteiger partial charge in [-0.15, -0.1) is 0 Å². The van der Waals surface area contributed by atoms with Crippen molar-refractivity contribution < 1.29 is 23.9 Å². The number of esters is 1. The van der Waals surface area contributed by atoms with Crippen molar-refractivity contribution >= 4 is 52.7 Å². The van der Waals surface area contributed by atoms with Gasteiger partial charge in [-0.05, 0) is 37.5 Å². The standard InChI is InChI=1S/C22H23Cl2N3O5S/c1-3-32-19-14(23)8-12(9-15(19)24)17-13(10-25)21(26-20(29)18(17)22(30)31-2)33-11-16(28)27-6-4-5-7-27/h8-9,17-18H,3-7,11H2,1-2H3,(H,26,29)/t17-,18+/m0/s1. The summed E-state index contributed by atoms with van der Waals surface area (Å²) in [6.45, 7) is 3.52. The maximum atomic E-state index is 12.9. The molecule has 0 unspecified atom stereocenters. The third kappa shape index (κ3) is 5.40. The number of amides is 2. The lowest BCUT2D eigenvalue weighted by atomic mass is 9.78. The highest BCUT2D eigenvalue weighted by atomic mass is 35.5. The van der Waals surface area contributed by atoms with Crippen LogP contribution in [0.25, 0.3) is 0 Å². The fourth-order valence-corrected chi connectivity index (χ4v) is 5.48. The van der Waals surface area contributed by atoms with Crippen LogP contribution in [0, 0.1) is 17.2 Å². The van der Waals surface area contributed by atoms with Crippen molar-refractivity contribution in [2.45, 2.75) is 25.7 Å². The first-order valence-electron chi connectivity index (χ1n) is 10.4. The Balaban J connectivity index is 2.02. The first kappa shape index (κ1) is 25.2. The molecule has 0 aromatic heterocycles. The van der Waals surface area contributed by atoms with Gasteiger partial charge in [0.25, 0.3) is 0 Å². The molecule has 1 fully saturated rings. The van der Waals surface area contributed by atoms with E-state index in [0.29, 0.717) is 25.3 Å². The highest BCUT2D eigenvalue weighted by Crippen LogP contribution is 2.44. The van der Waals surface area contributed by atoms with Crippen molar-refractivity contribution in [3.05, 3.63) is 38.3 Å². The molecule has 1 N–H and O–H groups in total. The predicted molar refractivity (Wildman–Crippen MR) is 125 cm³/mol. The molecule has 33 heavy (non-hydrogen) atoms. The summed E-state index contributed by atoms with van der Waals surface area (Å²) in [7, 11) is 1.17. The van der Waals surface area contributed by atoms with Crippen LogP contribution in [0.4, 0.5) is 0 Å². The van der Waals surface area contributed by atoms with Gasteiger partial charge in [0.2, 0.25) is 11.8 Å². The SMILES string of the molecule is CCOc1c(Cl)cc([C@H]2C(C#N)=C(SCC(=O)N3CCCC3)NC(=O)[C@@H]2C(=O)OC)cc1Cl. The predicted octanol–water partition coefficient (Wildman–Crippen LogP) is 3.49. The average molecular weight is 512 g/mol. The lowest BCUT2D eigenvalue weighted by Crippen LogP contribution is -2.44. The van der Waals surface area contributed by atoms with Crippen molar-refractivity contribution in [2.75, 3.05) is 32.6 Å². The number of halogens is 2. The second kappa shape index (κ2) is 11.1. The molecular weight excluding hydrogens is 489 g/mol. The minimum atomic E-state index is -1.33. The van der Waals surface area contributed by atoms with Crippen LogP contribution in [-0.4, -0.2) is 55.2 Å². The summed E-state index contributed by atoms with van der Waals surface area (Å²) in [6.07, 6.45) is 1.92. The van der Waals surface area contributed by atoms with E-state index in [0.717, 1.165) is 24.6 Å². The monoisotopic (exact) mass is 511 g/mol. The number of rotatable bonds is 7. The summed E-state index contributed by atoms with van der Waals surface area (Å²) in [5.74, 6) is -3.50. The summed E-state index contributed by atoms with van der Waals surface area (Å²) >= 11 is 13.8. The molecule has 2 aliphatic heterocycles. The Morgan fingerprint density at radius 1 is 1.27 bits per heavy atom. The number of hydrogen-bond donors (Lipinski definition) is 1. The number of methoxy groups -OCH3 is 1. The smallest absolute Gasteiger partial charge is 0.319 e. The van der Waals surface area contributed by atoms with E-state index < -0.39 is 23.7 Å². The highest BCUT2D eigenvalue weighted by Gasteiger charge is 2.45. The molecule has 0 spiro atoms. The van der Waals surface area contributed by atoms with Gasteiger partial charge < -0.3 is 19.7 Å². The summed E-state index contributed by atoms with van der Waals surface area (Å²) < 4.78 is 10.3. The molecule has 2 heterocycles. The van der Waals surface area contributed by atoms with Gasteiger partial charge in [0.05, 0.1) is 46.2 Å².